The maximum atomic E-state index is 13.8. The number of alkyl halides is 2. The third-order valence-electron chi connectivity index (χ3n) is 4.36. The minimum Gasteiger partial charge on any atom is -0.435 e. The van der Waals surface area contributed by atoms with Crippen molar-refractivity contribution < 1.29 is 27.5 Å². The van der Waals surface area contributed by atoms with Crippen LogP contribution in [0.2, 0.25) is 0 Å². The molecular weight excluding hydrogens is 399 g/mol. The molecule has 0 fully saturated rings. The summed E-state index contributed by atoms with van der Waals surface area (Å²) in [6.07, 6.45) is 1.30. The van der Waals surface area contributed by atoms with Crippen molar-refractivity contribution in [3.63, 3.8) is 0 Å². The molecule has 0 aliphatic carbocycles. The van der Waals surface area contributed by atoms with Gasteiger partial charge in [-0.25, -0.2) is 4.39 Å². The molecular formula is C21H18F3N3O3. The lowest BCUT2D eigenvalue weighted by Crippen LogP contribution is -2.36. The Morgan fingerprint density at radius 2 is 1.93 bits per heavy atom. The normalized spacial score (nSPS) is 16.7. The van der Waals surface area contributed by atoms with Crippen molar-refractivity contribution in [2.75, 3.05) is 10.3 Å². The van der Waals surface area contributed by atoms with Crippen molar-refractivity contribution in [1.29, 1.82) is 0 Å². The standard InChI is InChI=1S/C21H18F3N3O3/c1-3-17(22)13-5-4-6-14(11-13)25-19(28)18-12(2)26-27(20(18)29)15-7-9-16(10-8-15)30-21(23)24/h3-11,18,21H,1-2H3,(H,25,28). The van der Waals surface area contributed by atoms with E-state index in [0.29, 0.717) is 16.9 Å². The summed E-state index contributed by atoms with van der Waals surface area (Å²) in [5.74, 6) is -2.88. The third kappa shape index (κ3) is 4.51. The number of hydrogen-bond acceptors (Lipinski definition) is 4. The summed E-state index contributed by atoms with van der Waals surface area (Å²) < 4.78 is 42.6. The van der Waals surface area contributed by atoms with E-state index < -0.39 is 30.2 Å². The summed E-state index contributed by atoms with van der Waals surface area (Å²) in [6, 6.07) is 11.5. The molecule has 2 aromatic rings. The van der Waals surface area contributed by atoms with Crippen LogP contribution < -0.4 is 15.1 Å². The van der Waals surface area contributed by atoms with Crippen LogP contribution in [0.25, 0.3) is 5.83 Å². The maximum absolute atomic E-state index is 13.8. The molecule has 2 aromatic carbocycles. The van der Waals surface area contributed by atoms with Crippen molar-refractivity contribution in [1.82, 2.24) is 0 Å². The summed E-state index contributed by atoms with van der Waals surface area (Å²) in [4.78, 5) is 25.4. The summed E-state index contributed by atoms with van der Waals surface area (Å²) in [6.45, 7) is 0.127. The van der Waals surface area contributed by atoms with Gasteiger partial charge in [-0.15, -0.1) is 0 Å². The van der Waals surface area contributed by atoms with Gasteiger partial charge in [-0.2, -0.15) is 18.9 Å². The monoisotopic (exact) mass is 417 g/mol. The van der Waals surface area contributed by atoms with Gasteiger partial charge in [-0.1, -0.05) is 18.2 Å². The fraction of sp³-hybridized carbons (Fsp3) is 0.190. The van der Waals surface area contributed by atoms with Crippen molar-refractivity contribution in [2.45, 2.75) is 20.5 Å². The average Bonchev–Trinajstić information content (AvgIpc) is 3.01. The molecule has 3 rings (SSSR count). The number of anilines is 2. The number of halogens is 3. The second-order valence-electron chi connectivity index (χ2n) is 6.40. The quantitative estimate of drug-likeness (QED) is 0.699. The van der Waals surface area contributed by atoms with Crippen LogP contribution in [0.15, 0.2) is 59.7 Å². The molecule has 1 unspecified atom stereocenters. The number of hydrogen-bond donors (Lipinski definition) is 1. The minimum atomic E-state index is -2.96. The molecule has 1 atom stereocenters. The Balaban J connectivity index is 1.74. The molecule has 1 N–H and O–H groups in total. The van der Waals surface area contributed by atoms with E-state index in [9.17, 15) is 22.8 Å². The lowest BCUT2D eigenvalue weighted by molar-refractivity contribution is -0.127. The second kappa shape index (κ2) is 8.81. The largest absolute Gasteiger partial charge is 0.435 e. The van der Waals surface area contributed by atoms with Crippen LogP contribution in [-0.2, 0) is 9.59 Å². The molecule has 6 nitrogen and oxygen atoms in total. The molecule has 0 saturated carbocycles. The highest BCUT2D eigenvalue weighted by molar-refractivity contribution is 6.28. The van der Waals surface area contributed by atoms with E-state index in [1.807, 2.05) is 0 Å². The zero-order chi connectivity index (χ0) is 21.8. The molecule has 1 aliphatic rings. The predicted molar refractivity (Wildman–Crippen MR) is 107 cm³/mol. The van der Waals surface area contributed by atoms with E-state index in [4.69, 9.17) is 0 Å². The van der Waals surface area contributed by atoms with Crippen LogP contribution in [0.3, 0.4) is 0 Å². The van der Waals surface area contributed by atoms with Gasteiger partial charge < -0.3 is 10.1 Å². The van der Waals surface area contributed by atoms with Gasteiger partial charge in [0.1, 0.15) is 11.6 Å². The molecule has 0 aromatic heterocycles. The molecule has 30 heavy (non-hydrogen) atoms. The molecule has 0 spiro atoms. The second-order valence-corrected chi connectivity index (χ2v) is 6.40. The first kappa shape index (κ1) is 21.1. The van der Waals surface area contributed by atoms with Gasteiger partial charge in [0.25, 0.3) is 5.91 Å². The summed E-state index contributed by atoms with van der Waals surface area (Å²) in [5, 5.41) is 7.75. The number of benzene rings is 2. The van der Waals surface area contributed by atoms with E-state index in [1.54, 1.807) is 25.1 Å². The maximum Gasteiger partial charge on any atom is 0.387 e. The smallest absolute Gasteiger partial charge is 0.387 e. The highest BCUT2D eigenvalue weighted by Crippen LogP contribution is 2.27. The van der Waals surface area contributed by atoms with Crippen molar-refractivity contribution in [2.24, 2.45) is 11.0 Å². The summed E-state index contributed by atoms with van der Waals surface area (Å²) in [7, 11) is 0. The van der Waals surface area contributed by atoms with Crippen molar-refractivity contribution in [3.05, 3.63) is 60.2 Å². The zero-order valence-corrected chi connectivity index (χ0v) is 16.1. The Morgan fingerprint density at radius 1 is 1.23 bits per heavy atom. The topological polar surface area (TPSA) is 71.0 Å². The Morgan fingerprint density at radius 3 is 2.57 bits per heavy atom. The number of allylic oxidation sites excluding steroid dienone is 1. The number of nitrogens with zero attached hydrogens (tertiary/aromatic N) is 2. The van der Waals surface area contributed by atoms with Crippen LogP contribution in [0.4, 0.5) is 24.5 Å². The van der Waals surface area contributed by atoms with Crippen LogP contribution in [0.5, 0.6) is 5.75 Å². The van der Waals surface area contributed by atoms with E-state index in [-0.39, 0.29) is 11.5 Å². The fourth-order valence-corrected chi connectivity index (χ4v) is 2.95. The fourth-order valence-electron chi connectivity index (χ4n) is 2.95. The molecule has 1 heterocycles. The Bertz CT molecular complexity index is 1020. The molecule has 0 radical (unpaired) electrons. The molecule has 0 saturated heterocycles. The SMILES string of the molecule is CC=C(F)c1cccc(NC(=O)C2C(=O)N(c3ccc(OC(F)F)cc3)N=C2C)c1. The number of hydrazone groups is 1. The van der Waals surface area contributed by atoms with Gasteiger partial charge >= 0.3 is 6.61 Å². The van der Waals surface area contributed by atoms with Crippen LogP contribution >= 0.6 is 0 Å². The highest BCUT2D eigenvalue weighted by atomic mass is 19.3. The highest BCUT2D eigenvalue weighted by Gasteiger charge is 2.39. The number of amides is 2. The number of carbonyl (C=O) groups is 2. The predicted octanol–water partition coefficient (Wildman–Crippen LogP) is 4.60. The zero-order valence-electron chi connectivity index (χ0n) is 16.1. The van der Waals surface area contributed by atoms with E-state index in [0.717, 1.165) is 5.01 Å². The molecule has 9 heteroatoms. The lowest BCUT2D eigenvalue weighted by atomic mass is 10.0. The van der Waals surface area contributed by atoms with Gasteiger partial charge in [-0.3, -0.25) is 9.59 Å². The van der Waals surface area contributed by atoms with Crippen LogP contribution in [0, 0.1) is 5.92 Å². The van der Waals surface area contributed by atoms with Gasteiger partial charge in [0, 0.05) is 11.3 Å². The minimum absolute atomic E-state index is 0.0661. The van der Waals surface area contributed by atoms with Crippen LogP contribution in [0.1, 0.15) is 19.4 Å². The van der Waals surface area contributed by atoms with Crippen molar-refractivity contribution in [3.8, 4) is 5.75 Å². The number of nitrogens with one attached hydrogen (secondary N) is 1. The average molecular weight is 417 g/mol. The lowest BCUT2D eigenvalue weighted by Gasteiger charge is -2.15. The number of ether oxygens (including phenoxy) is 1. The Kier molecular flexibility index (Phi) is 6.20. The van der Waals surface area contributed by atoms with Gasteiger partial charge in [0.2, 0.25) is 5.91 Å². The molecule has 2 amide bonds. The number of rotatable bonds is 6. The Labute approximate surface area is 170 Å². The Hall–Kier alpha value is -3.62. The molecule has 0 bridgehead atoms. The van der Waals surface area contributed by atoms with Crippen molar-refractivity contribution >= 4 is 34.7 Å². The summed E-state index contributed by atoms with van der Waals surface area (Å²) >= 11 is 0. The summed E-state index contributed by atoms with van der Waals surface area (Å²) in [5.41, 5.74) is 1.20. The van der Waals surface area contributed by atoms with E-state index in [1.165, 1.54) is 43.3 Å². The van der Waals surface area contributed by atoms with E-state index in [2.05, 4.69) is 15.2 Å². The first-order chi connectivity index (χ1) is 14.3. The first-order valence-corrected chi connectivity index (χ1v) is 8.97. The van der Waals surface area contributed by atoms with Gasteiger partial charge in [0.15, 0.2) is 5.92 Å². The molecule has 1 aliphatic heterocycles. The van der Waals surface area contributed by atoms with Gasteiger partial charge in [-0.05, 0) is 50.2 Å². The first-order valence-electron chi connectivity index (χ1n) is 8.97. The number of carbonyl (C=O) groups excluding carboxylic acids is 2. The van der Waals surface area contributed by atoms with Crippen LogP contribution in [-0.4, -0.2) is 24.1 Å². The third-order valence-corrected chi connectivity index (χ3v) is 4.36. The molecule has 156 valence electrons. The van der Waals surface area contributed by atoms with E-state index >= 15 is 0 Å². The van der Waals surface area contributed by atoms with Gasteiger partial charge in [0.05, 0.1) is 11.4 Å².